The summed E-state index contributed by atoms with van der Waals surface area (Å²) in [7, 11) is 0. The number of hydrogen-bond acceptors (Lipinski definition) is 4. The van der Waals surface area contributed by atoms with E-state index in [9.17, 15) is 19.4 Å². The van der Waals surface area contributed by atoms with Gasteiger partial charge in [0.1, 0.15) is 11.4 Å². The van der Waals surface area contributed by atoms with Crippen molar-refractivity contribution in [2.75, 3.05) is 26.2 Å². The number of aliphatic hydroxyl groups excluding tert-OH is 1. The molecular weight excluding hydrogens is 443 g/mol. The van der Waals surface area contributed by atoms with Crippen molar-refractivity contribution < 1.29 is 19.4 Å². The standard InChI is InChI=1S/C29H33FN2O3/c30-24-7-5-6-23(18-24)28(34)31-16-3-4-17-32-25(19-31)27(26(32)20-33)22-10-8-21(9-11-22)12-15-29(35)13-1-2-14-29/h5-11,18,25-27,33,35H,1-4,13-14,16-17,19-20H2/t25-,26-,27+/m1/s1. The molecule has 3 aliphatic rings. The van der Waals surface area contributed by atoms with Crippen LogP contribution in [0.2, 0.25) is 0 Å². The van der Waals surface area contributed by atoms with E-state index in [0.29, 0.717) is 18.7 Å². The quantitative estimate of drug-likeness (QED) is 0.666. The number of hydrogen-bond donors (Lipinski definition) is 2. The first-order chi connectivity index (χ1) is 17.0. The summed E-state index contributed by atoms with van der Waals surface area (Å²) in [6, 6.07) is 14.1. The predicted molar refractivity (Wildman–Crippen MR) is 132 cm³/mol. The Labute approximate surface area is 206 Å². The molecule has 2 aromatic carbocycles. The zero-order chi connectivity index (χ0) is 24.4. The van der Waals surface area contributed by atoms with Crippen LogP contribution >= 0.6 is 0 Å². The van der Waals surface area contributed by atoms with Gasteiger partial charge in [-0.1, -0.05) is 30.0 Å². The van der Waals surface area contributed by atoms with Crippen LogP contribution in [0.3, 0.4) is 0 Å². The Balaban J connectivity index is 1.35. The maximum absolute atomic E-state index is 13.7. The third kappa shape index (κ3) is 4.99. The lowest BCUT2D eigenvalue weighted by Crippen LogP contribution is -2.67. The molecule has 0 bridgehead atoms. The van der Waals surface area contributed by atoms with Crippen LogP contribution in [0.25, 0.3) is 0 Å². The van der Waals surface area contributed by atoms with Gasteiger partial charge in [0, 0.05) is 42.2 Å². The predicted octanol–water partition coefficient (Wildman–Crippen LogP) is 3.55. The Hall–Kier alpha value is -2.72. The summed E-state index contributed by atoms with van der Waals surface area (Å²) in [6.07, 6.45) is 5.34. The third-order valence-electron chi connectivity index (χ3n) is 7.89. The van der Waals surface area contributed by atoms with E-state index in [-0.39, 0.29) is 30.5 Å². The first-order valence-corrected chi connectivity index (χ1v) is 12.7. The van der Waals surface area contributed by atoms with Gasteiger partial charge in [-0.2, -0.15) is 0 Å². The lowest BCUT2D eigenvalue weighted by molar-refractivity contribution is -0.0606. The molecule has 5 nitrogen and oxygen atoms in total. The lowest BCUT2D eigenvalue weighted by Gasteiger charge is -2.57. The normalized spacial score (nSPS) is 26.0. The molecule has 3 fully saturated rings. The van der Waals surface area contributed by atoms with E-state index < -0.39 is 11.4 Å². The minimum Gasteiger partial charge on any atom is -0.395 e. The highest BCUT2D eigenvalue weighted by Gasteiger charge is 2.49. The monoisotopic (exact) mass is 476 g/mol. The maximum Gasteiger partial charge on any atom is 0.254 e. The van der Waals surface area contributed by atoms with Crippen LogP contribution in [0, 0.1) is 17.7 Å². The van der Waals surface area contributed by atoms with E-state index in [0.717, 1.165) is 56.2 Å². The Morgan fingerprint density at radius 3 is 2.51 bits per heavy atom. The van der Waals surface area contributed by atoms with Crippen LogP contribution in [-0.2, 0) is 0 Å². The Bertz CT molecular complexity index is 1120. The molecule has 2 saturated heterocycles. The van der Waals surface area contributed by atoms with Gasteiger partial charge in [0.2, 0.25) is 0 Å². The van der Waals surface area contributed by atoms with Gasteiger partial charge in [-0.25, -0.2) is 4.39 Å². The zero-order valence-corrected chi connectivity index (χ0v) is 20.0. The van der Waals surface area contributed by atoms with Crippen molar-refractivity contribution in [2.45, 2.75) is 62.1 Å². The highest BCUT2D eigenvalue weighted by atomic mass is 19.1. The number of rotatable bonds is 3. The largest absolute Gasteiger partial charge is 0.395 e. The Morgan fingerprint density at radius 1 is 1.06 bits per heavy atom. The summed E-state index contributed by atoms with van der Waals surface area (Å²) in [5, 5.41) is 20.7. The molecule has 5 rings (SSSR count). The maximum atomic E-state index is 13.7. The van der Waals surface area contributed by atoms with Gasteiger partial charge in [-0.15, -0.1) is 0 Å². The molecule has 2 heterocycles. The molecule has 0 unspecified atom stereocenters. The fourth-order valence-corrected chi connectivity index (χ4v) is 5.99. The average molecular weight is 477 g/mol. The molecule has 1 aliphatic carbocycles. The molecule has 2 aromatic rings. The molecule has 2 N–H and O–H groups in total. The highest BCUT2D eigenvalue weighted by Crippen LogP contribution is 2.42. The first-order valence-electron chi connectivity index (χ1n) is 12.7. The van der Waals surface area contributed by atoms with Crippen molar-refractivity contribution in [1.29, 1.82) is 0 Å². The van der Waals surface area contributed by atoms with Crippen molar-refractivity contribution in [3.63, 3.8) is 0 Å². The summed E-state index contributed by atoms with van der Waals surface area (Å²) < 4.78 is 13.7. The van der Waals surface area contributed by atoms with Crippen LogP contribution < -0.4 is 0 Å². The van der Waals surface area contributed by atoms with Crippen LogP contribution in [0.15, 0.2) is 48.5 Å². The average Bonchev–Trinajstić information content (AvgIpc) is 3.29. The van der Waals surface area contributed by atoms with Gasteiger partial charge >= 0.3 is 0 Å². The Morgan fingerprint density at radius 2 is 1.80 bits per heavy atom. The second kappa shape index (κ2) is 10.1. The number of halogens is 1. The zero-order valence-electron chi connectivity index (χ0n) is 20.0. The molecule has 0 spiro atoms. The molecule has 6 heteroatoms. The van der Waals surface area contributed by atoms with E-state index in [1.807, 2.05) is 17.0 Å². The second-order valence-electron chi connectivity index (χ2n) is 10.2. The number of fused-ring (bicyclic) bond motifs is 1. The molecular formula is C29H33FN2O3. The van der Waals surface area contributed by atoms with E-state index in [1.165, 1.54) is 12.1 Å². The van der Waals surface area contributed by atoms with Gasteiger partial charge in [-0.05, 0) is 81.0 Å². The van der Waals surface area contributed by atoms with Crippen molar-refractivity contribution in [3.05, 3.63) is 71.0 Å². The van der Waals surface area contributed by atoms with Crippen LogP contribution in [0.5, 0.6) is 0 Å². The molecule has 1 amide bonds. The second-order valence-corrected chi connectivity index (χ2v) is 10.2. The van der Waals surface area contributed by atoms with Gasteiger partial charge in [0.25, 0.3) is 5.91 Å². The fourth-order valence-electron chi connectivity index (χ4n) is 5.99. The molecule has 3 atom stereocenters. The van der Waals surface area contributed by atoms with Gasteiger partial charge in [0.15, 0.2) is 0 Å². The van der Waals surface area contributed by atoms with E-state index >= 15 is 0 Å². The number of benzene rings is 2. The SMILES string of the molecule is O=C(c1cccc(F)c1)N1CCCCN2[C@H](CO)[C@@H](c3ccc(C#CC4(O)CCCC4)cc3)[C@H]2C1. The number of nitrogens with zero attached hydrogens (tertiary/aromatic N) is 2. The van der Waals surface area contributed by atoms with Crippen molar-refractivity contribution in [1.82, 2.24) is 9.80 Å². The van der Waals surface area contributed by atoms with E-state index in [4.69, 9.17) is 0 Å². The molecule has 0 radical (unpaired) electrons. The first kappa shape index (κ1) is 24.0. The Kier molecular flexibility index (Phi) is 6.93. The van der Waals surface area contributed by atoms with Crippen molar-refractivity contribution in [3.8, 4) is 11.8 Å². The van der Waals surface area contributed by atoms with E-state index in [2.05, 4.69) is 28.9 Å². The molecule has 0 aromatic heterocycles. The molecule has 35 heavy (non-hydrogen) atoms. The van der Waals surface area contributed by atoms with Gasteiger partial charge in [0.05, 0.1) is 6.61 Å². The number of carbonyl (C=O) groups is 1. The topological polar surface area (TPSA) is 64.0 Å². The van der Waals surface area contributed by atoms with E-state index in [1.54, 1.807) is 12.1 Å². The fraction of sp³-hybridized carbons (Fsp3) is 0.483. The van der Waals surface area contributed by atoms with Crippen LogP contribution in [0.1, 0.15) is 65.9 Å². The minimum absolute atomic E-state index is 0.0142. The smallest absolute Gasteiger partial charge is 0.254 e. The summed E-state index contributed by atoms with van der Waals surface area (Å²) in [6.45, 7) is 2.16. The van der Waals surface area contributed by atoms with Crippen LogP contribution in [-0.4, -0.2) is 69.8 Å². The highest BCUT2D eigenvalue weighted by molar-refractivity contribution is 5.94. The molecule has 1 saturated carbocycles. The van der Waals surface area contributed by atoms with Crippen LogP contribution in [0.4, 0.5) is 4.39 Å². The summed E-state index contributed by atoms with van der Waals surface area (Å²) in [4.78, 5) is 17.4. The number of carbonyl (C=O) groups excluding carboxylic acids is 1. The van der Waals surface area contributed by atoms with Crippen molar-refractivity contribution in [2.24, 2.45) is 0 Å². The molecule has 184 valence electrons. The summed E-state index contributed by atoms with van der Waals surface area (Å²) in [5.74, 6) is 5.73. The van der Waals surface area contributed by atoms with Gasteiger partial charge < -0.3 is 15.1 Å². The minimum atomic E-state index is -0.856. The molecule has 2 aliphatic heterocycles. The van der Waals surface area contributed by atoms with Gasteiger partial charge in [-0.3, -0.25) is 9.69 Å². The number of amides is 1. The summed E-state index contributed by atoms with van der Waals surface area (Å²) in [5.41, 5.74) is 1.50. The lowest BCUT2D eigenvalue weighted by atomic mass is 9.74. The number of aliphatic hydroxyl groups is 2. The summed E-state index contributed by atoms with van der Waals surface area (Å²) >= 11 is 0. The third-order valence-corrected chi connectivity index (χ3v) is 7.89. The van der Waals surface area contributed by atoms with Crippen molar-refractivity contribution >= 4 is 5.91 Å².